The van der Waals surface area contributed by atoms with E-state index in [1.807, 2.05) is 18.2 Å². The minimum atomic E-state index is 0.517. The summed E-state index contributed by atoms with van der Waals surface area (Å²) >= 11 is 0. The first-order valence-electron chi connectivity index (χ1n) is 7.46. The average molecular weight is 271 g/mol. The lowest BCUT2D eigenvalue weighted by atomic mass is 10.0. The van der Waals surface area contributed by atoms with E-state index in [-0.39, 0.29) is 0 Å². The molecule has 1 aromatic carbocycles. The number of benzene rings is 1. The van der Waals surface area contributed by atoms with Gasteiger partial charge in [-0.1, -0.05) is 51.5 Å². The van der Waals surface area contributed by atoms with Crippen LogP contribution in [0.1, 0.15) is 33.5 Å². The first-order chi connectivity index (χ1) is 9.56. The van der Waals surface area contributed by atoms with Crippen LogP contribution in [0.2, 0.25) is 0 Å². The maximum atomic E-state index is 5.87. The van der Waals surface area contributed by atoms with Crippen LogP contribution in [0, 0.1) is 11.8 Å². The first kappa shape index (κ1) is 14.9. The quantitative estimate of drug-likeness (QED) is 0.822. The molecule has 0 fully saturated rings. The van der Waals surface area contributed by atoms with Gasteiger partial charge in [-0.15, -0.1) is 0 Å². The van der Waals surface area contributed by atoms with Gasteiger partial charge in [0.2, 0.25) is 0 Å². The molecule has 2 aromatic rings. The second-order valence-corrected chi connectivity index (χ2v) is 6.09. The fourth-order valence-electron chi connectivity index (χ4n) is 2.18. The molecular formula is C18H25NO. The summed E-state index contributed by atoms with van der Waals surface area (Å²) in [6, 6.07) is 10.3. The molecule has 2 heteroatoms. The minimum Gasteiger partial charge on any atom is -0.457 e. The number of rotatable bonds is 6. The number of hydrogen-bond acceptors (Lipinski definition) is 2. The van der Waals surface area contributed by atoms with Crippen molar-refractivity contribution in [2.75, 3.05) is 13.1 Å². The van der Waals surface area contributed by atoms with Gasteiger partial charge in [-0.05, 0) is 36.6 Å². The summed E-state index contributed by atoms with van der Waals surface area (Å²) in [5.74, 6) is 2.14. The van der Waals surface area contributed by atoms with E-state index in [4.69, 9.17) is 4.42 Å². The third kappa shape index (κ3) is 3.97. The summed E-state index contributed by atoms with van der Waals surface area (Å²) < 4.78 is 5.87. The summed E-state index contributed by atoms with van der Waals surface area (Å²) in [6.07, 6.45) is 2.18. The monoisotopic (exact) mass is 271 g/mol. The molecule has 0 radical (unpaired) electrons. The summed E-state index contributed by atoms with van der Waals surface area (Å²) in [5.41, 5.74) is 2.33. The molecule has 0 aliphatic rings. The lowest BCUT2D eigenvalue weighted by Gasteiger charge is -2.13. The molecule has 0 saturated carbocycles. The predicted octanol–water partition coefficient (Wildman–Crippen LogP) is 4.72. The van der Waals surface area contributed by atoms with E-state index in [1.54, 1.807) is 0 Å². The summed E-state index contributed by atoms with van der Waals surface area (Å²) in [6.45, 7) is 10.9. The molecule has 0 bridgehead atoms. The maximum Gasteiger partial charge on any atom is 0.134 e. The van der Waals surface area contributed by atoms with E-state index >= 15 is 0 Å². The smallest absolute Gasteiger partial charge is 0.134 e. The van der Waals surface area contributed by atoms with Crippen molar-refractivity contribution < 1.29 is 4.42 Å². The molecule has 0 unspecified atom stereocenters. The van der Waals surface area contributed by atoms with Crippen LogP contribution < -0.4 is 5.32 Å². The van der Waals surface area contributed by atoms with Gasteiger partial charge in [0, 0.05) is 11.9 Å². The Morgan fingerprint density at radius 3 is 2.60 bits per heavy atom. The number of furan rings is 1. The van der Waals surface area contributed by atoms with Crippen molar-refractivity contribution in [2.45, 2.75) is 27.7 Å². The van der Waals surface area contributed by atoms with E-state index < -0.39 is 0 Å². The van der Waals surface area contributed by atoms with E-state index in [2.05, 4.69) is 51.2 Å². The lowest BCUT2D eigenvalue weighted by Crippen LogP contribution is -2.23. The number of fused-ring (bicyclic) bond motifs is 1. The topological polar surface area (TPSA) is 25.2 Å². The van der Waals surface area contributed by atoms with Crippen LogP contribution in [0.3, 0.4) is 0 Å². The minimum absolute atomic E-state index is 0.517. The van der Waals surface area contributed by atoms with Gasteiger partial charge in [0.15, 0.2) is 0 Å². The SMILES string of the molecule is CC(C)CNCC(=Cc1cc2ccccc2o1)C(C)C. The second-order valence-electron chi connectivity index (χ2n) is 6.09. The molecule has 0 atom stereocenters. The van der Waals surface area contributed by atoms with Crippen LogP contribution in [-0.4, -0.2) is 13.1 Å². The van der Waals surface area contributed by atoms with Crippen molar-refractivity contribution in [2.24, 2.45) is 11.8 Å². The van der Waals surface area contributed by atoms with Crippen LogP contribution in [0.25, 0.3) is 17.0 Å². The van der Waals surface area contributed by atoms with Crippen LogP contribution >= 0.6 is 0 Å². The zero-order valence-corrected chi connectivity index (χ0v) is 12.9. The zero-order chi connectivity index (χ0) is 14.5. The largest absolute Gasteiger partial charge is 0.457 e. The highest BCUT2D eigenvalue weighted by Gasteiger charge is 2.07. The average Bonchev–Trinajstić information content (AvgIpc) is 2.79. The van der Waals surface area contributed by atoms with Crippen LogP contribution in [0.15, 0.2) is 40.3 Å². The van der Waals surface area contributed by atoms with Crippen molar-refractivity contribution in [1.82, 2.24) is 5.32 Å². The highest BCUT2D eigenvalue weighted by molar-refractivity contribution is 5.79. The normalized spacial score (nSPS) is 12.8. The van der Waals surface area contributed by atoms with Crippen LogP contribution in [-0.2, 0) is 0 Å². The molecule has 1 heterocycles. The van der Waals surface area contributed by atoms with E-state index in [1.165, 1.54) is 5.57 Å². The molecule has 0 aliphatic carbocycles. The molecule has 2 rings (SSSR count). The number of hydrogen-bond donors (Lipinski definition) is 1. The number of para-hydroxylation sites is 1. The predicted molar refractivity (Wildman–Crippen MR) is 86.7 cm³/mol. The Hall–Kier alpha value is -1.54. The van der Waals surface area contributed by atoms with Gasteiger partial charge >= 0.3 is 0 Å². The molecule has 0 saturated heterocycles. The van der Waals surface area contributed by atoms with Crippen molar-refractivity contribution in [3.05, 3.63) is 41.7 Å². The van der Waals surface area contributed by atoms with E-state index in [0.717, 1.165) is 29.8 Å². The Morgan fingerprint density at radius 2 is 1.95 bits per heavy atom. The van der Waals surface area contributed by atoms with E-state index in [0.29, 0.717) is 11.8 Å². The van der Waals surface area contributed by atoms with Gasteiger partial charge in [0.25, 0.3) is 0 Å². The first-order valence-corrected chi connectivity index (χ1v) is 7.46. The molecule has 1 N–H and O–H groups in total. The van der Waals surface area contributed by atoms with E-state index in [9.17, 15) is 0 Å². The molecular weight excluding hydrogens is 246 g/mol. The van der Waals surface area contributed by atoms with Crippen LogP contribution in [0.4, 0.5) is 0 Å². The molecule has 0 amide bonds. The fraction of sp³-hybridized carbons (Fsp3) is 0.444. The third-order valence-corrected chi connectivity index (χ3v) is 3.40. The highest BCUT2D eigenvalue weighted by atomic mass is 16.3. The Bertz CT molecular complexity index is 545. The van der Waals surface area contributed by atoms with Crippen molar-refractivity contribution in [1.29, 1.82) is 0 Å². The van der Waals surface area contributed by atoms with Crippen LogP contribution in [0.5, 0.6) is 0 Å². The second kappa shape index (κ2) is 6.76. The zero-order valence-electron chi connectivity index (χ0n) is 12.9. The molecule has 2 nitrogen and oxygen atoms in total. The Kier molecular flexibility index (Phi) is 5.02. The Balaban J connectivity index is 2.15. The molecule has 108 valence electrons. The molecule has 0 aliphatic heterocycles. The Labute approximate surface area is 121 Å². The summed E-state index contributed by atoms with van der Waals surface area (Å²) in [7, 11) is 0. The molecule has 20 heavy (non-hydrogen) atoms. The van der Waals surface area contributed by atoms with Gasteiger partial charge in [-0.2, -0.15) is 0 Å². The standard InChI is InChI=1S/C18H25NO/c1-13(2)11-19-12-16(14(3)4)10-17-9-15-7-5-6-8-18(15)20-17/h5-10,13-14,19H,11-12H2,1-4H3. The summed E-state index contributed by atoms with van der Waals surface area (Å²) in [5, 5.41) is 4.67. The molecule has 1 aromatic heterocycles. The number of nitrogens with one attached hydrogen (secondary N) is 1. The fourth-order valence-corrected chi connectivity index (χ4v) is 2.18. The lowest BCUT2D eigenvalue weighted by molar-refractivity contribution is 0.556. The van der Waals surface area contributed by atoms with Crippen molar-refractivity contribution in [3.63, 3.8) is 0 Å². The van der Waals surface area contributed by atoms with Gasteiger partial charge in [0.05, 0.1) is 0 Å². The van der Waals surface area contributed by atoms with Gasteiger partial charge in [0.1, 0.15) is 11.3 Å². The third-order valence-electron chi connectivity index (χ3n) is 3.40. The maximum absolute atomic E-state index is 5.87. The molecule has 0 spiro atoms. The summed E-state index contributed by atoms with van der Waals surface area (Å²) in [4.78, 5) is 0. The van der Waals surface area contributed by atoms with Crippen molar-refractivity contribution >= 4 is 17.0 Å². The van der Waals surface area contributed by atoms with Gasteiger partial charge < -0.3 is 9.73 Å². The van der Waals surface area contributed by atoms with Crippen molar-refractivity contribution in [3.8, 4) is 0 Å². The Morgan fingerprint density at radius 1 is 1.20 bits per heavy atom. The van der Waals surface area contributed by atoms with Gasteiger partial charge in [-0.25, -0.2) is 0 Å². The highest BCUT2D eigenvalue weighted by Crippen LogP contribution is 2.22. The van der Waals surface area contributed by atoms with Gasteiger partial charge in [-0.3, -0.25) is 0 Å².